The Morgan fingerprint density at radius 2 is 0.969 bits per heavy atom. The lowest BCUT2D eigenvalue weighted by Gasteiger charge is -2.18. The van der Waals surface area contributed by atoms with Crippen molar-refractivity contribution in [1.82, 2.24) is 0 Å². The molecule has 2 aromatic carbocycles. The lowest BCUT2D eigenvalue weighted by atomic mass is 9.87. The van der Waals surface area contributed by atoms with Gasteiger partial charge in [-0.25, -0.2) is 9.59 Å². The molecule has 0 aliphatic heterocycles. The van der Waals surface area contributed by atoms with Crippen molar-refractivity contribution in [3.05, 3.63) is 47.5 Å². The van der Waals surface area contributed by atoms with E-state index in [4.69, 9.17) is 31.3 Å². The Morgan fingerprint density at radius 1 is 0.688 bits per heavy atom. The molecular formula is C20H20F6N2O4. The third-order valence-electron chi connectivity index (χ3n) is 4.18. The van der Waals surface area contributed by atoms with Gasteiger partial charge in [0.05, 0.1) is 0 Å². The number of aliphatic carboxylic acids is 2. The second kappa shape index (κ2) is 10.7. The van der Waals surface area contributed by atoms with E-state index in [1.165, 1.54) is 35.1 Å². The van der Waals surface area contributed by atoms with Gasteiger partial charge in [0.15, 0.2) is 0 Å². The molecular weight excluding hydrogens is 446 g/mol. The van der Waals surface area contributed by atoms with Crippen molar-refractivity contribution in [2.45, 2.75) is 38.0 Å². The molecule has 3 rings (SSSR count). The van der Waals surface area contributed by atoms with Gasteiger partial charge >= 0.3 is 24.3 Å². The van der Waals surface area contributed by atoms with Gasteiger partial charge in [0.25, 0.3) is 0 Å². The van der Waals surface area contributed by atoms with Crippen LogP contribution in [0.2, 0.25) is 0 Å². The second-order valence-corrected chi connectivity index (χ2v) is 6.65. The van der Waals surface area contributed by atoms with Crippen molar-refractivity contribution < 1.29 is 46.1 Å². The number of aryl methyl sites for hydroxylation is 2. The molecule has 0 saturated carbocycles. The fourth-order valence-electron chi connectivity index (χ4n) is 2.80. The molecule has 6 nitrogen and oxygen atoms in total. The molecule has 176 valence electrons. The Balaban J connectivity index is 0.000000305. The molecule has 0 fully saturated rings. The highest BCUT2D eigenvalue weighted by Gasteiger charge is 2.38. The Kier molecular flexibility index (Phi) is 8.92. The molecule has 0 atom stereocenters. The minimum Gasteiger partial charge on any atom is -0.475 e. The molecule has 0 unspecified atom stereocenters. The Hall–Kier alpha value is -3.44. The van der Waals surface area contributed by atoms with Crippen LogP contribution in [0.25, 0.3) is 11.1 Å². The van der Waals surface area contributed by atoms with Crippen LogP contribution in [0.3, 0.4) is 0 Å². The highest BCUT2D eigenvalue weighted by Crippen LogP contribution is 2.33. The van der Waals surface area contributed by atoms with Crippen LogP contribution in [-0.4, -0.2) is 34.5 Å². The zero-order valence-corrected chi connectivity index (χ0v) is 16.4. The first-order valence-corrected chi connectivity index (χ1v) is 9.00. The Bertz CT molecular complexity index is 881. The largest absolute Gasteiger partial charge is 0.490 e. The van der Waals surface area contributed by atoms with Gasteiger partial charge in [-0.1, -0.05) is 12.1 Å². The molecule has 1 aliphatic rings. The number of halogens is 6. The van der Waals surface area contributed by atoms with Crippen molar-refractivity contribution in [3.63, 3.8) is 0 Å². The van der Waals surface area contributed by atoms with E-state index in [1.54, 1.807) is 0 Å². The van der Waals surface area contributed by atoms with E-state index < -0.39 is 24.3 Å². The van der Waals surface area contributed by atoms with E-state index in [9.17, 15) is 26.3 Å². The molecule has 0 heterocycles. The van der Waals surface area contributed by atoms with Gasteiger partial charge in [0.2, 0.25) is 0 Å². The number of benzene rings is 2. The van der Waals surface area contributed by atoms with E-state index in [1.807, 2.05) is 12.1 Å². The van der Waals surface area contributed by atoms with Gasteiger partial charge in [-0.05, 0) is 72.2 Å². The Labute approximate surface area is 178 Å². The highest BCUT2D eigenvalue weighted by atomic mass is 19.4. The fourth-order valence-corrected chi connectivity index (χ4v) is 2.80. The van der Waals surface area contributed by atoms with Gasteiger partial charge in [0.1, 0.15) is 0 Å². The van der Waals surface area contributed by atoms with Gasteiger partial charge < -0.3 is 21.7 Å². The maximum atomic E-state index is 10.6. The monoisotopic (exact) mass is 466 g/mol. The van der Waals surface area contributed by atoms with Crippen LogP contribution in [0.15, 0.2) is 36.4 Å². The summed E-state index contributed by atoms with van der Waals surface area (Å²) in [6, 6.07) is 12.5. The van der Waals surface area contributed by atoms with Crippen LogP contribution >= 0.6 is 0 Å². The van der Waals surface area contributed by atoms with E-state index in [-0.39, 0.29) is 0 Å². The van der Waals surface area contributed by atoms with Crippen molar-refractivity contribution >= 4 is 23.3 Å². The summed E-state index contributed by atoms with van der Waals surface area (Å²) in [7, 11) is 0. The minimum atomic E-state index is -5.08. The number of nitrogen functional groups attached to an aromatic ring is 2. The molecule has 6 N–H and O–H groups in total. The van der Waals surface area contributed by atoms with Gasteiger partial charge in [-0.2, -0.15) is 26.3 Å². The number of rotatable bonds is 0. The summed E-state index contributed by atoms with van der Waals surface area (Å²) >= 11 is 0. The van der Waals surface area contributed by atoms with Crippen molar-refractivity contribution in [2.24, 2.45) is 0 Å². The standard InChI is InChI=1S/C16H18N2.2C2HF3O2/c17-13-5-7-15-11(9-13)3-1-2-4-12-10-14(18)6-8-16(12)15;2*3-2(4,5)1(6)7/h5-10H,1-4,17-18H2;2*(H,6,7). The lowest BCUT2D eigenvalue weighted by molar-refractivity contribution is -0.193. The van der Waals surface area contributed by atoms with E-state index in [0.717, 1.165) is 24.2 Å². The predicted octanol–water partition coefficient (Wildman–Crippen LogP) is 4.66. The maximum Gasteiger partial charge on any atom is 0.490 e. The third kappa shape index (κ3) is 8.36. The molecule has 2 aromatic rings. The molecule has 1 aliphatic carbocycles. The van der Waals surface area contributed by atoms with Crippen molar-refractivity contribution in [1.29, 1.82) is 0 Å². The summed E-state index contributed by atoms with van der Waals surface area (Å²) in [5.41, 5.74) is 18.9. The summed E-state index contributed by atoms with van der Waals surface area (Å²) in [4.78, 5) is 17.8. The van der Waals surface area contributed by atoms with Crippen LogP contribution in [0, 0.1) is 0 Å². The minimum absolute atomic E-state index is 0.853. The smallest absolute Gasteiger partial charge is 0.475 e. The number of alkyl halides is 6. The van der Waals surface area contributed by atoms with Crippen molar-refractivity contribution in [3.8, 4) is 11.1 Å². The van der Waals surface area contributed by atoms with E-state index >= 15 is 0 Å². The summed E-state index contributed by atoms with van der Waals surface area (Å²) in [6.45, 7) is 0. The molecule has 0 bridgehead atoms. The van der Waals surface area contributed by atoms with E-state index in [0.29, 0.717) is 0 Å². The van der Waals surface area contributed by atoms with E-state index in [2.05, 4.69) is 24.3 Å². The summed E-state index contributed by atoms with van der Waals surface area (Å²) in [5.74, 6) is -5.51. The van der Waals surface area contributed by atoms with Crippen LogP contribution < -0.4 is 11.5 Å². The van der Waals surface area contributed by atoms with Gasteiger partial charge in [-0.15, -0.1) is 0 Å². The van der Waals surface area contributed by atoms with Crippen LogP contribution in [0.4, 0.5) is 37.7 Å². The quantitative estimate of drug-likeness (QED) is 0.330. The number of hydrogen-bond acceptors (Lipinski definition) is 4. The number of nitrogens with two attached hydrogens (primary N) is 2. The summed E-state index contributed by atoms with van der Waals surface area (Å²) < 4.78 is 63.5. The average Bonchev–Trinajstić information content (AvgIpc) is 2.64. The number of carboxylic acid groups (broad SMARTS) is 2. The first-order chi connectivity index (χ1) is 14.6. The van der Waals surface area contributed by atoms with Gasteiger partial charge in [-0.3, -0.25) is 0 Å². The third-order valence-corrected chi connectivity index (χ3v) is 4.18. The van der Waals surface area contributed by atoms with Crippen LogP contribution in [0.1, 0.15) is 24.0 Å². The number of carboxylic acids is 2. The molecule has 0 aromatic heterocycles. The number of fused-ring (bicyclic) bond motifs is 3. The highest BCUT2D eigenvalue weighted by molar-refractivity contribution is 5.75. The Morgan fingerprint density at radius 3 is 1.22 bits per heavy atom. The molecule has 0 spiro atoms. The summed E-state index contributed by atoms with van der Waals surface area (Å²) in [6.07, 6.45) is -5.51. The topological polar surface area (TPSA) is 127 Å². The normalized spacial score (nSPS) is 12.9. The SMILES string of the molecule is Nc1ccc2c(c1)CCCCc1cc(N)ccc1-2.O=C(O)C(F)(F)F.O=C(O)C(F)(F)F. The maximum absolute atomic E-state index is 10.6. The number of hydrogen-bond donors (Lipinski definition) is 4. The first kappa shape index (κ1) is 26.6. The second-order valence-electron chi connectivity index (χ2n) is 6.65. The fraction of sp³-hybridized carbons (Fsp3) is 0.300. The first-order valence-electron chi connectivity index (χ1n) is 9.00. The van der Waals surface area contributed by atoms with Gasteiger partial charge in [0, 0.05) is 11.4 Å². The molecule has 0 radical (unpaired) electrons. The number of carbonyl (C=O) groups is 2. The number of anilines is 2. The van der Waals surface area contributed by atoms with Crippen LogP contribution in [0.5, 0.6) is 0 Å². The zero-order chi connectivity index (χ0) is 24.7. The summed E-state index contributed by atoms with van der Waals surface area (Å²) in [5, 5.41) is 14.2. The van der Waals surface area contributed by atoms with Crippen LogP contribution in [-0.2, 0) is 22.4 Å². The van der Waals surface area contributed by atoms with Crippen molar-refractivity contribution in [2.75, 3.05) is 11.5 Å². The molecule has 32 heavy (non-hydrogen) atoms. The zero-order valence-electron chi connectivity index (χ0n) is 16.4. The molecule has 0 amide bonds. The molecule has 0 saturated heterocycles. The average molecular weight is 466 g/mol. The predicted molar refractivity (Wildman–Crippen MR) is 105 cm³/mol. The molecule has 12 heteroatoms. The lowest BCUT2D eigenvalue weighted by Crippen LogP contribution is -2.21.